The first kappa shape index (κ1) is 19.5. The number of ether oxygens (including phenoxy) is 2. The lowest BCUT2D eigenvalue weighted by molar-refractivity contribution is -0.146. The second-order valence-electron chi connectivity index (χ2n) is 4.83. The summed E-state index contributed by atoms with van der Waals surface area (Å²) in [6.45, 7) is 8.89. The highest BCUT2D eigenvalue weighted by Gasteiger charge is 2.28. The van der Waals surface area contributed by atoms with Gasteiger partial charge in [0.25, 0.3) is 0 Å². The van der Waals surface area contributed by atoms with Gasteiger partial charge in [0.15, 0.2) is 5.57 Å². The molecule has 1 aromatic rings. The van der Waals surface area contributed by atoms with E-state index in [4.69, 9.17) is 9.47 Å². The zero-order valence-corrected chi connectivity index (χ0v) is 14.8. The molecule has 6 heteroatoms. The number of para-hydroxylation sites is 1. The highest BCUT2D eigenvalue weighted by atomic mass is 16.6. The van der Waals surface area contributed by atoms with Gasteiger partial charge in [-0.2, -0.15) is 0 Å². The third kappa shape index (κ3) is 5.30. The van der Waals surface area contributed by atoms with E-state index in [0.717, 1.165) is 5.69 Å². The molecular formula is C18H26N2O4. The predicted octanol–water partition coefficient (Wildman–Crippen LogP) is 2.78. The maximum Gasteiger partial charge on any atom is 0.349 e. The van der Waals surface area contributed by atoms with Crippen molar-refractivity contribution >= 4 is 17.6 Å². The lowest BCUT2D eigenvalue weighted by atomic mass is 10.2. The number of carbonyl (C=O) groups excluding carboxylic acids is 2. The Morgan fingerprint density at radius 3 is 1.83 bits per heavy atom. The fourth-order valence-electron chi connectivity index (χ4n) is 2.18. The van der Waals surface area contributed by atoms with Crippen LogP contribution in [0.25, 0.3) is 0 Å². The third-order valence-corrected chi connectivity index (χ3v) is 3.31. The first-order chi connectivity index (χ1) is 11.6. The van der Waals surface area contributed by atoms with Crippen molar-refractivity contribution < 1.29 is 19.1 Å². The molecule has 132 valence electrons. The molecule has 1 aromatic carbocycles. The molecule has 0 radical (unpaired) electrons. The first-order valence-electron chi connectivity index (χ1n) is 8.24. The first-order valence-corrected chi connectivity index (χ1v) is 8.24. The number of benzene rings is 1. The summed E-state index contributed by atoms with van der Waals surface area (Å²) in [7, 11) is 0. The molecule has 0 aliphatic carbocycles. The van der Waals surface area contributed by atoms with Gasteiger partial charge in [-0.05, 0) is 39.8 Å². The molecule has 0 heterocycles. The van der Waals surface area contributed by atoms with Crippen LogP contribution in [0, 0.1) is 0 Å². The van der Waals surface area contributed by atoms with Crippen molar-refractivity contribution in [3.05, 3.63) is 41.7 Å². The largest absolute Gasteiger partial charge is 0.462 e. The molecular weight excluding hydrogens is 308 g/mol. The molecule has 1 rings (SSSR count). The van der Waals surface area contributed by atoms with Crippen LogP contribution < -0.4 is 5.32 Å². The average Bonchev–Trinajstić information content (AvgIpc) is 2.57. The van der Waals surface area contributed by atoms with Crippen molar-refractivity contribution in [2.45, 2.75) is 27.7 Å². The SMILES string of the molecule is CCOC(=O)C(C(=O)OCC)=C(Nc1ccccc1)N(CC)CC. The molecule has 24 heavy (non-hydrogen) atoms. The molecule has 0 unspecified atom stereocenters. The summed E-state index contributed by atoms with van der Waals surface area (Å²) in [6.07, 6.45) is 0. The minimum absolute atomic E-state index is 0.119. The zero-order valence-electron chi connectivity index (χ0n) is 14.8. The van der Waals surface area contributed by atoms with Gasteiger partial charge in [0.05, 0.1) is 13.2 Å². The van der Waals surface area contributed by atoms with Crippen molar-refractivity contribution in [1.29, 1.82) is 0 Å². The van der Waals surface area contributed by atoms with Crippen LogP contribution in [0.3, 0.4) is 0 Å². The van der Waals surface area contributed by atoms with Gasteiger partial charge in [-0.3, -0.25) is 0 Å². The van der Waals surface area contributed by atoms with E-state index < -0.39 is 11.9 Å². The van der Waals surface area contributed by atoms with E-state index in [9.17, 15) is 9.59 Å². The Kier molecular flexibility index (Phi) is 8.39. The van der Waals surface area contributed by atoms with Crippen molar-refractivity contribution in [1.82, 2.24) is 4.90 Å². The molecule has 0 bridgehead atoms. The summed E-state index contributed by atoms with van der Waals surface area (Å²) in [6, 6.07) is 9.35. The molecule has 0 aliphatic rings. The summed E-state index contributed by atoms with van der Waals surface area (Å²) >= 11 is 0. The van der Waals surface area contributed by atoms with Crippen LogP contribution in [0.1, 0.15) is 27.7 Å². The van der Waals surface area contributed by atoms with Crippen LogP contribution >= 0.6 is 0 Å². The number of esters is 2. The predicted molar refractivity (Wildman–Crippen MR) is 93.3 cm³/mol. The van der Waals surface area contributed by atoms with E-state index in [1.165, 1.54) is 0 Å². The van der Waals surface area contributed by atoms with Crippen molar-refractivity contribution in [2.75, 3.05) is 31.6 Å². The highest BCUT2D eigenvalue weighted by molar-refractivity contribution is 6.15. The summed E-state index contributed by atoms with van der Waals surface area (Å²) in [4.78, 5) is 26.6. The molecule has 6 nitrogen and oxygen atoms in total. The van der Waals surface area contributed by atoms with Crippen LogP contribution in [0.5, 0.6) is 0 Å². The molecule has 0 spiro atoms. The Hall–Kier alpha value is -2.50. The number of hydrogen-bond acceptors (Lipinski definition) is 6. The van der Waals surface area contributed by atoms with Crippen molar-refractivity contribution in [3.8, 4) is 0 Å². The van der Waals surface area contributed by atoms with Crippen LogP contribution in [-0.2, 0) is 19.1 Å². The number of carbonyl (C=O) groups is 2. The van der Waals surface area contributed by atoms with Crippen molar-refractivity contribution in [3.63, 3.8) is 0 Å². The topological polar surface area (TPSA) is 67.9 Å². The standard InChI is InChI=1S/C18H26N2O4/c1-5-20(6-2)16(19-14-12-10-9-11-13-14)15(17(21)23-7-3)18(22)24-8-4/h9-13,19H,5-8H2,1-4H3. The van der Waals surface area contributed by atoms with E-state index in [0.29, 0.717) is 18.9 Å². The summed E-state index contributed by atoms with van der Waals surface area (Å²) in [5.41, 5.74) is 0.650. The molecule has 0 aliphatic heterocycles. The number of rotatable bonds is 9. The van der Waals surface area contributed by atoms with Gasteiger partial charge in [-0.15, -0.1) is 0 Å². The van der Waals surface area contributed by atoms with Gasteiger partial charge < -0.3 is 19.7 Å². The van der Waals surface area contributed by atoms with Gasteiger partial charge >= 0.3 is 11.9 Å². The van der Waals surface area contributed by atoms with Gasteiger partial charge in [0.2, 0.25) is 0 Å². The quantitative estimate of drug-likeness (QED) is 0.324. The Morgan fingerprint density at radius 1 is 0.917 bits per heavy atom. The Labute approximate surface area is 143 Å². The second-order valence-corrected chi connectivity index (χ2v) is 4.83. The lowest BCUT2D eigenvalue weighted by Gasteiger charge is -2.27. The molecule has 0 saturated carbocycles. The smallest absolute Gasteiger partial charge is 0.349 e. The minimum Gasteiger partial charge on any atom is -0.462 e. The third-order valence-electron chi connectivity index (χ3n) is 3.31. The maximum atomic E-state index is 12.4. The molecule has 0 fully saturated rings. The van der Waals surface area contributed by atoms with Gasteiger partial charge in [-0.1, -0.05) is 18.2 Å². The average molecular weight is 334 g/mol. The van der Waals surface area contributed by atoms with Crippen LogP contribution in [0.2, 0.25) is 0 Å². The number of anilines is 1. The summed E-state index contributed by atoms with van der Waals surface area (Å²) in [5, 5.41) is 3.16. The fraction of sp³-hybridized carbons (Fsp3) is 0.444. The van der Waals surface area contributed by atoms with Gasteiger partial charge in [-0.25, -0.2) is 9.59 Å². The number of nitrogens with one attached hydrogen (secondary N) is 1. The van der Waals surface area contributed by atoms with Gasteiger partial charge in [0, 0.05) is 18.8 Å². The van der Waals surface area contributed by atoms with Crippen LogP contribution in [0.15, 0.2) is 41.7 Å². The minimum atomic E-state index is -0.693. The zero-order chi connectivity index (χ0) is 17.9. The molecule has 1 N–H and O–H groups in total. The van der Waals surface area contributed by atoms with E-state index in [-0.39, 0.29) is 18.8 Å². The van der Waals surface area contributed by atoms with E-state index in [1.807, 2.05) is 49.1 Å². The maximum absolute atomic E-state index is 12.4. The van der Waals surface area contributed by atoms with Crippen LogP contribution in [0.4, 0.5) is 5.69 Å². The Morgan fingerprint density at radius 2 is 1.42 bits per heavy atom. The number of nitrogens with zero attached hydrogens (tertiary/aromatic N) is 1. The lowest BCUT2D eigenvalue weighted by Crippen LogP contribution is -2.33. The number of hydrogen-bond donors (Lipinski definition) is 1. The monoisotopic (exact) mass is 334 g/mol. The molecule has 0 aromatic heterocycles. The highest BCUT2D eigenvalue weighted by Crippen LogP contribution is 2.18. The molecule has 0 atom stereocenters. The van der Waals surface area contributed by atoms with E-state index in [2.05, 4.69) is 5.32 Å². The second kappa shape index (κ2) is 10.3. The molecule has 0 amide bonds. The van der Waals surface area contributed by atoms with E-state index >= 15 is 0 Å². The Balaban J connectivity index is 3.40. The van der Waals surface area contributed by atoms with Crippen LogP contribution in [-0.4, -0.2) is 43.1 Å². The Bertz CT molecular complexity index is 546. The van der Waals surface area contributed by atoms with E-state index in [1.54, 1.807) is 13.8 Å². The fourth-order valence-corrected chi connectivity index (χ4v) is 2.18. The normalized spacial score (nSPS) is 9.83. The summed E-state index contributed by atoms with van der Waals surface area (Å²) < 4.78 is 10.1. The summed E-state index contributed by atoms with van der Waals surface area (Å²) in [5.74, 6) is -0.995. The molecule has 0 saturated heterocycles. The van der Waals surface area contributed by atoms with Gasteiger partial charge in [0.1, 0.15) is 5.82 Å². The van der Waals surface area contributed by atoms with Crippen molar-refractivity contribution in [2.24, 2.45) is 0 Å².